The van der Waals surface area contributed by atoms with Gasteiger partial charge in [-0.25, -0.2) is 4.98 Å². The molecule has 16 heavy (non-hydrogen) atoms. The molecule has 1 aromatic heterocycles. The fourth-order valence-electron chi connectivity index (χ4n) is 1.82. The van der Waals surface area contributed by atoms with Gasteiger partial charge in [-0.2, -0.15) is 0 Å². The van der Waals surface area contributed by atoms with E-state index in [0.29, 0.717) is 11.5 Å². The van der Waals surface area contributed by atoms with E-state index in [9.17, 15) is 0 Å². The lowest BCUT2D eigenvalue weighted by atomic mass is 9.90. The summed E-state index contributed by atoms with van der Waals surface area (Å²) in [7, 11) is 2.04. The van der Waals surface area contributed by atoms with E-state index in [-0.39, 0.29) is 0 Å². The van der Waals surface area contributed by atoms with Crippen LogP contribution in [0.25, 0.3) is 0 Å². The fourth-order valence-corrected chi connectivity index (χ4v) is 1.82. The van der Waals surface area contributed by atoms with Gasteiger partial charge in [0.2, 0.25) is 0 Å². The Bertz CT molecular complexity index is 309. The third-order valence-corrected chi connectivity index (χ3v) is 2.80. The molecule has 0 bridgehead atoms. The van der Waals surface area contributed by atoms with Crippen molar-refractivity contribution >= 4 is 0 Å². The largest absolute Gasteiger partial charge is 0.337 e. The molecular formula is C13H25N3. The molecule has 1 heterocycles. The molecule has 92 valence electrons. The van der Waals surface area contributed by atoms with Crippen LogP contribution in [0.1, 0.15) is 52.4 Å². The van der Waals surface area contributed by atoms with Crippen LogP contribution in [0.15, 0.2) is 12.4 Å². The first kappa shape index (κ1) is 13.2. The quantitative estimate of drug-likeness (QED) is 0.778. The third-order valence-electron chi connectivity index (χ3n) is 2.80. The van der Waals surface area contributed by atoms with Crippen LogP contribution in [-0.2, 0) is 7.05 Å². The average Bonchev–Trinajstić information content (AvgIpc) is 2.57. The standard InChI is InChI=1S/C13H25N3/c1-11(12-15-9-10-16(12)5)14-8-6-7-13(2,3)4/h9-11,14H,6-8H2,1-5H3. The molecule has 1 N–H and O–H groups in total. The Kier molecular flexibility index (Phi) is 4.54. The van der Waals surface area contributed by atoms with E-state index in [4.69, 9.17) is 0 Å². The van der Waals surface area contributed by atoms with Gasteiger partial charge in [-0.15, -0.1) is 0 Å². The minimum Gasteiger partial charge on any atom is -0.337 e. The minimum atomic E-state index is 0.333. The van der Waals surface area contributed by atoms with Gasteiger partial charge < -0.3 is 9.88 Å². The van der Waals surface area contributed by atoms with E-state index in [1.807, 2.05) is 19.4 Å². The van der Waals surface area contributed by atoms with Crippen molar-refractivity contribution < 1.29 is 0 Å². The number of aryl methyl sites for hydroxylation is 1. The molecule has 0 amide bonds. The van der Waals surface area contributed by atoms with Crippen LogP contribution in [0.3, 0.4) is 0 Å². The maximum Gasteiger partial charge on any atom is 0.125 e. The fraction of sp³-hybridized carbons (Fsp3) is 0.769. The zero-order chi connectivity index (χ0) is 12.2. The van der Waals surface area contributed by atoms with Crippen molar-refractivity contribution in [2.24, 2.45) is 12.5 Å². The van der Waals surface area contributed by atoms with E-state index in [1.165, 1.54) is 12.8 Å². The molecule has 1 aromatic rings. The maximum absolute atomic E-state index is 4.34. The summed E-state index contributed by atoms with van der Waals surface area (Å²) < 4.78 is 2.07. The average molecular weight is 223 g/mol. The molecule has 1 rings (SSSR count). The molecule has 0 fully saturated rings. The highest BCUT2D eigenvalue weighted by Crippen LogP contribution is 2.20. The molecule has 0 aliphatic heterocycles. The first-order valence-electron chi connectivity index (χ1n) is 6.11. The van der Waals surface area contributed by atoms with Crippen LogP contribution in [0, 0.1) is 5.41 Å². The monoisotopic (exact) mass is 223 g/mol. The van der Waals surface area contributed by atoms with Crippen molar-refractivity contribution in [3.8, 4) is 0 Å². The first-order valence-corrected chi connectivity index (χ1v) is 6.11. The van der Waals surface area contributed by atoms with Gasteiger partial charge >= 0.3 is 0 Å². The van der Waals surface area contributed by atoms with Crippen LogP contribution in [-0.4, -0.2) is 16.1 Å². The van der Waals surface area contributed by atoms with E-state index < -0.39 is 0 Å². The zero-order valence-electron chi connectivity index (χ0n) is 11.2. The van der Waals surface area contributed by atoms with Gasteiger partial charge in [-0.3, -0.25) is 0 Å². The number of hydrogen-bond acceptors (Lipinski definition) is 2. The summed E-state index contributed by atoms with van der Waals surface area (Å²) in [6, 6.07) is 0.333. The zero-order valence-corrected chi connectivity index (χ0v) is 11.2. The molecule has 0 spiro atoms. The van der Waals surface area contributed by atoms with E-state index in [1.54, 1.807) is 0 Å². The van der Waals surface area contributed by atoms with Crippen molar-refractivity contribution in [1.82, 2.24) is 14.9 Å². The molecular weight excluding hydrogens is 198 g/mol. The number of nitrogens with one attached hydrogen (secondary N) is 1. The molecule has 3 nitrogen and oxygen atoms in total. The van der Waals surface area contributed by atoms with Gasteiger partial charge in [0.15, 0.2) is 0 Å². The van der Waals surface area contributed by atoms with Gasteiger partial charge in [0.1, 0.15) is 5.82 Å². The lowest BCUT2D eigenvalue weighted by Gasteiger charge is -2.19. The Hall–Kier alpha value is -0.830. The number of hydrogen-bond donors (Lipinski definition) is 1. The van der Waals surface area contributed by atoms with Crippen LogP contribution < -0.4 is 5.32 Å². The molecule has 1 atom stereocenters. The highest BCUT2D eigenvalue weighted by molar-refractivity contribution is 4.96. The van der Waals surface area contributed by atoms with Gasteiger partial charge in [-0.05, 0) is 31.7 Å². The molecule has 0 aliphatic rings. The number of nitrogens with zero attached hydrogens (tertiary/aromatic N) is 2. The summed E-state index contributed by atoms with van der Waals surface area (Å²) >= 11 is 0. The summed E-state index contributed by atoms with van der Waals surface area (Å²) in [5.74, 6) is 1.11. The van der Waals surface area contributed by atoms with Gasteiger partial charge in [0.25, 0.3) is 0 Å². The SMILES string of the molecule is CC(NCCCC(C)(C)C)c1nccn1C. The van der Waals surface area contributed by atoms with Crippen LogP contribution in [0.4, 0.5) is 0 Å². The van der Waals surface area contributed by atoms with Gasteiger partial charge in [0, 0.05) is 19.4 Å². The minimum absolute atomic E-state index is 0.333. The summed E-state index contributed by atoms with van der Waals surface area (Å²) in [5, 5.41) is 3.52. The van der Waals surface area contributed by atoms with Crippen LogP contribution in [0.5, 0.6) is 0 Å². The molecule has 1 unspecified atom stereocenters. The van der Waals surface area contributed by atoms with Crippen molar-refractivity contribution in [1.29, 1.82) is 0 Å². The Labute approximate surface area is 99.3 Å². The molecule has 0 aromatic carbocycles. The Morgan fingerprint density at radius 3 is 2.62 bits per heavy atom. The second-order valence-corrected chi connectivity index (χ2v) is 5.74. The second kappa shape index (κ2) is 5.48. The summed E-state index contributed by atoms with van der Waals surface area (Å²) in [4.78, 5) is 4.34. The Morgan fingerprint density at radius 2 is 2.12 bits per heavy atom. The van der Waals surface area contributed by atoms with Crippen molar-refractivity contribution in [2.75, 3.05) is 6.54 Å². The predicted molar refractivity (Wildman–Crippen MR) is 68.3 cm³/mol. The van der Waals surface area contributed by atoms with E-state index in [2.05, 4.69) is 42.6 Å². The lowest BCUT2D eigenvalue weighted by Crippen LogP contribution is -2.23. The molecule has 0 saturated carbocycles. The summed E-state index contributed by atoms with van der Waals surface area (Å²) in [6.45, 7) is 10.1. The van der Waals surface area contributed by atoms with E-state index in [0.717, 1.165) is 12.4 Å². The molecule has 0 saturated heterocycles. The normalized spacial score (nSPS) is 14.1. The summed E-state index contributed by atoms with van der Waals surface area (Å²) in [6.07, 6.45) is 6.32. The third kappa shape index (κ3) is 4.35. The second-order valence-electron chi connectivity index (χ2n) is 5.74. The smallest absolute Gasteiger partial charge is 0.125 e. The Balaban J connectivity index is 2.26. The maximum atomic E-state index is 4.34. The topological polar surface area (TPSA) is 29.9 Å². The van der Waals surface area contributed by atoms with E-state index >= 15 is 0 Å². The highest BCUT2D eigenvalue weighted by atomic mass is 15.1. The Morgan fingerprint density at radius 1 is 1.44 bits per heavy atom. The first-order chi connectivity index (χ1) is 7.40. The predicted octanol–water partition coefficient (Wildman–Crippen LogP) is 2.90. The molecule has 3 heteroatoms. The molecule has 0 aliphatic carbocycles. The number of aromatic nitrogens is 2. The van der Waals surface area contributed by atoms with Crippen molar-refractivity contribution in [3.05, 3.63) is 18.2 Å². The number of imidazole rings is 1. The lowest BCUT2D eigenvalue weighted by molar-refractivity contribution is 0.355. The van der Waals surface area contributed by atoms with Crippen molar-refractivity contribution in [2.45, 2.75) is 46.6 Å². The van der Waals surface area contributed by atoms with Gasteiger partial charge in [-0.1, -0.05) is 20.8 Å². The van der Waals surface area contributed by atoms with Crippen LogP contribution in [0.2, 0.25) is 0 Å². The molecule has 0 radical (unpaired) electrons. The number of rotatable bonds is 5. The van der Waals surface area contributed by atoms with Crippen LogP contribution >= 0.6 is 0 Å². The van der Waals surface area contributed by atoms with Crippen molar-refractivity contribution in [3.63, 3.8) is 0 Å². The highest BCUT2D eigenvalue weighted by Gasteiger charge is 2.11. The van der Waals surface area contributed by atoms with Gasteiger partial charge in [0.05, 0.1) is 6.04 Å². The summed E-state index contributed by atoms with van der Waals surface area (Å²) in [5.41, 5.74) is 0.439.